The SMILES string of the molecule is OCc1ccc2c(c1)OCC=CO2. The van der Waals surface area contributed by atoms with Gasteiger partial charge in [0, 0.05) is 0 Å². The van der Waals surface area contributed by atoms with Crippen molar-refractivity contribution >= 4 is 0 Å². The fourth-order valence-corrected chi connectivity index (χ4v) is 1.16. The molecule has 0 spiro atoms. The number of rotatable bonds is 1. The van der Waals surface area contributed by atoms with Gasteiger partial charge in [-0.05, 0) is 23.8 Å². The van der Waals surface area contributed by atoms with E-state index in [-0.39, 0.29) is 6.61 Å². The van der Waals surface area contributed by atoms with Crippen LogP contribution in [0.4, 0.5) is 0 Å². The van der Waals surface area contributed by atoms with Crippen LogP contribution >= 0.6 is 0 Å². The highest BCUT2D eigenvalue weighted by Gasteiger charge is 2.07. The van der Waals surface area contributed by atoms with Gasteiger partial charge in [0.2, 0.25) is 0 Å². The number of fused-ring (bicyclic) bond motifs is 1. The maximum absolute atomic E-state index is 8.90. The molecule has 1 heterocycles. The number of aliphatic hydroxyl groups excluding tert-OH is 1. The second-order valence-electron chi connectivity index (χ2n) is 2.74. The molecule has 0 saturated heterocycles. The molecule has 68 valence electrons. The quantitative estimate of drug-likeness (QED) is 0.707. The van der Waals surface area contributed by atoms with Crippen LogP contribution in [0.2, 0.25) is 0 Å². The number of hydrogen-bond acceptors (Lipinski definition) is 3. The summed E-state index contributed by atoms with van der Waals surface area (Å²) in [5, 5.41) is 8.90. The Bertz CT molecular complexity index is 331. The van der Waals surface area contributed by atoms with Crippen molar-refractivity contribution in [2.24, 2.45) is 0 Å². The van der Waals surface area contributed by atoms with Gasteiger partial charge in [-0.25, -0.2) is 0 Å². The zero-order valence-electron chi connectivity index (χ0n) is 7.06. The predicted octanol–water partition coefficient (Wildman–Crippen LogP) is 1.46. The van der Waals surface area contributed by atoms with E-state index < -0.39 is 0 Å². The highest BCUT2D eigenvalue weighted by Crippen LogP contribution is 2.29. The summed E-state index contributed by atoms with van der Waals surface area (Å²) in [5.74, 6) is 1.36. The summed E-state index contributed by atoms with van der Waals surface area (Å²) in [6.45, 7) is 0.520. The van der Waals surface area contributed by atoms with E-state index >= 15 is 0 Å². The molecule has 0 amide bonds. The van der Waals surface area contributed by atoms with Crippen molar-refractivity contribution in [1.29, 1.82) is 0 Å². The Labute approximate surface area is 76.2 Å². The topological polar surface area (TPSA) is 38.7 Å². The van der Waals surface area contributed by atoms with Crippen LogP contribution in [-0.2, 0) is 6.61 Å². The van der Waals surface area contributed by atoms with Crippen LogP contribution < -0.4 is 9.47 Å². The van der Waals surface area contributed by atoms with Gasteiger partial charge >= 0.3 is 0 Å². The van der Waals surface area contributed by atoms with E-state index in [2.05, 4.69) is 0 Å². The standard InChI is InChI=1S/C10H10O3/c11-7-8-2-3-9-10(6-8)13-5-1-4-12-9/h1-4,6,11H,5,7H2. The molecule has 3 nitrogen and oxygen atoms in total. The van der Waals surface area contributed by atoms with E-state index in [1.807, 2.05) is 0 Å². The Hall–Kier alpha value is -1.48. The van der Waals surface area contributed by atoms with E-state index in [1.165, 1.54) is 0 Å². The molecular formula is C10H10O3. The molecule has 1 N–H and O–H groups in total. The van der Waals surface area contributed by atoms with Gasteiger partial charge in [-0.2, -0.15) is 0 Å². The first-order valence-electron chi connectivity index (χ1n) is 4.08. The molecule has 0 saturated carbocycles. The van der Waals surface area contributed by atoms with Crippen LogP contribution in [0, 0.1) is 0 Å². The summed E-state index contributed by atoms with van der Waals surface area (Å²) in [7, 11) is 0. The molecule has 0 unspecified atom stereocenters. The van der Waals surface area contributed by atoms with Crippen molar-refractivity contribution in [1.82, 2.24) is 0 Å². The van der Waals surface area contributed by atoms with Crippen LogP contribution in [0.15, 0.2) is 30.5 Å². The number of ether oxygens (including phenoxy) is 2. The van der Waals surface area contributed by atoms with E-state index in [9.17, 15) is 0 Å². The van der Waals surface area contributed by atoms with Crippen LogP contribution in [0.1, 0.15) is 5.56 Å². The van der Waals surface area contributed by atoms with Crippen LogP contribution in [-0.4, -0.2) is 11.7 Å². The van der Waals surface area contributed by atoms with Gasteiger partial charge in [0.05, 0.1) is 12.9 Å². The van der Waals surface area contributed by atoms with Gasteiger partial charge in [-0.15, -0.1) is 0 Å². The Morgan fingerprint density at radius 1 is 1.31 bits per heavy atom. The first kappa shape index (κ1) is 8.13. The number of hydrogen-bond donors (Lipinski definition) is 1. The molecule has 1 aliphatic heterocycles. The lowest BCUT2D eigenvalue weighted by atomic mass is 10.2. The van der Waals surface area contributed by atoms with Crippen molar-refractivity contribution < 1.29 is 14.6 Å². The lowest BCUT2D eigenvalue weighted by Gasteiger charge is -2.07. The van der Waals surface area contributed by atoms with Gasteiger partial charge in [0.1, 0.15) is 6.61 Å². The van der Waals surface area contributed by atoms with Gasteiger partial charge in [0.25, 0.3) is 0 Å². The summed E-state index contributed by atoms with van der Waals surface area (Å²) in [6.07, 6.45) is 3.39. The molecule has 0 aromatic heterocycles. The molecule has 3 heteroatoms. The van der Waals surface area contributed by atoms with Gasteiger partial charge in [-0.1, -0.05) is 6.07 Å². The molecule has 0 fully saturated rings. The Kier molecular flexibility index (Phi) is 2.19. The summed E-state index contributed by atoms with van der Waals surface area (Å²) in [6, 6.07) is 5.38. The molecular weight excluding hydrogens is 168 g/mol. The lowest BCUT2D eigenvalue weighted by molar-refractivity contribution is 0.280. The van der Waals surface area contributed by atoms with E-state index in [0.29, 0.717) is 18.1 Å². The second kappa shape index (κ2) is 3.49. The van der Waals surface area contributed by atoms with Crippen LogP contribution in [0.25, 0.3) is 0 Å². The molecule has 1 aromatic rings. The highest BCUT2D eigenvalue weighted by molar-refractivity contribution is 5.43. The predicted molar refractivity (Wildman–Crippen MR) is 47.6 cm³/mol. The maximum atomic E-state index is 8.90. The molecule has 1 aromatic carbocycles. The third kappa shape index (κ3) is 1.65. The zero-order chi connectivity index (χ0) is 9.10. The summed E-state index contributed by atoms with van der Waals surface area (Å²) in [5.41, 5.74) is 0.823. The first-order valence-corrected chi connectivity index (χ1v) is 4.08. The summed E-state index contributed by atoms with van der Waals surface area (Å²) >= 11 is 0. The van der Waals surface area contributed by atoms with Crippen molar-refractivity contribution in [3.05, 3.63) is 36.1 Å². The van der Waals surface area contributed by atoms with Crippen molar-refractivity contribution in [3.8, 4) is 11.5 Å². The minimum atomic E-state index is 0.0179. The van der Waals surface area contributed by atoms with Crippen LogP contribution in [0.5, 0.6) is 11.5 Å². The fourth-order valence-electron chi connectivity index (χ4n) is 1.16. The van der Waals surface area contributed by atoms with Gasteiger partial charge in [0.15, 0.2) is 11.5 Å². The molecule has 0 radical (unpaired) electrons. The molecule has 0 atom stereocenters. The average molecular weight is 178 g/mol. The van der Waals surface area contributed by atoms with Crippen LogP contribution in [0.3, 0.4) is 0 Å². The molecule has 13 heavy (non-hydrogen) atoms. The third-order valence-electron chi connectivity index (χ3n) is 1.82. The normalized spacial score (nSPS) is 13.9. The highest BCUT2D eigenvalue weighted by atomic mass is 16.5. The third-order valence-corrected chi connectivity index (χ3v) is 1.82. The number of benzene rings is 1. The molecule has 0 bridgehead atoms. The minimum Gasteiger partial charge on any atom is -0.485 e. The lowest BCUT2D eigenvalue weighted by Crippen LogP contribution is -1.93. The van der Waals surface area contributed by atoms with Crippen molar-refractivity contribution in [2.45, 2.75) is 6.61 Å². The zero-order valence-corrected chi connectivity index (χ0v) is 7.06. The van der Waals surface area contributed by atoms with E-state index in [4.69, 9.17) is 14.6 Å². The monoisotopic (exact) mass is 178 g/mol. The molecule has 1 aliphatic rings. The fraction of sp³-hybridized carbons (Fsp3) is 0.200. The van der Waals surface area contributed by atoms with E-state index in [1.54, 1.807) is 30.5 Å². The smallest absolute Gasteiger partial charge is 0.168 e. The van der Waals surface area contributed by atoms with Gasteiger partial charge in [-0.3, -0.25) is 0 Å². The summed E-state index contributed by atoms with van der Waals surface area (Å²) in [4.78, 5) is 0. The Morgan fingerprint density at radius 3 is 3.08 bits per heavy atom. The average Bonchev–Trinajstić information content (AvgIpc) is 2.41. The molecule has 0 aliphatic carbocycles. The summed E-state index contributed by atoms with van der Waals surface area (Å²) < 4.78 is 10.6. The first-order chi connectivity index (χ1) is 6.40. The molecule has 2 rings (SSSR count). The largest absolute Gasteiger partial charge is 0.485 e. The van der Waals surface area contributed by atoms with Gasteiger partial charge < -0.3 is 14.6 Å². The van der Waals surface area contributed by atoms with E-state index in [0.717, 1.165) is 5.56 Å². The van der Waals surface area contributed by atoms with Crippen molar-refractivity contribution in [2.75, 3.05) is 6.61 Å². The second-order valence-corrected chi connectivity index (χ2v) is 2.74. The maximum Gasteiger partial charge on any atom is 0.168 e. The Balaban J connectivity index is 2.36. The minimum absolute atomic E-state index is 0.0179. The number of aliphatic hydroxyl groups is 1. The van der Waals surface area contributed by atoms with Crippen molar-refractivity contribution in [3.63, 3.8) is 0 Å². The Morgan fingerprint density at radius 2 is 2.23 bits per heavy atom.